The van der Waals surface area contributed by atoms with Gasteiger partial charge in [-0.05, 0) is 68.1 Å². The van der Waals surface area contributed by atoms with Crippen LogP contribution in [0.25, 0.3) is 0 Å². The third-order valence-electron chi connectivity index (χ3n) is 3.50. The highest BCUT2D eigenvalue weighted by molar-refractivity contribution is 9.10. The number of carbonyl (C=O) groups is 1. The molecule has 0 aliphatic heterocycles. The average molecular weight is 363 g/mol. The molecule has 1 aromatic heterocycles. The van der Waals surface area contributed by atoms with Crippen LogP contribution in [-0.4, -0.2) is 17.5 Å². The molecule has 0 saturated heterocycles. The standard InChI is InChI=1S/C17H19BrN2O2/c1-10-5-6-19-15(7-10)20-16(21)9-22-14-8-11(2)17(18)13(4)12(14)3/h5-8H,9H2,1-4H3,(H,19,20,21). The first-order chi connectivity index (χ1) is 10.4. The van der Waals surface area contributed by atoms with Crippen molar-refractivity contribution in [2.24, 2.45) is 0 Å². The van der Waals surface area contributed by atoms with Gasteiger partial charge in [-0.1, -0.05) is 15.9 Å². The molecule has 5 heteroatoms. The van der Waals surface area contributed by atoms with Crippen LogP contribution in [0.2, 0.25) is 0 Å². The SMILES string of the molecule is Cc1ccnc(NC(=O)COc2cc(C)c(Br)c(C)c2C)c1. The number of anilines is 1. The molecule has 0 radical (unpaired) electrons. The largest absolute Gasteiger partial charge is 0.483 e. The number of nitrogens with one attached hydrogen (secondary N) is 1. The van der Waals surface area contributed by atoms with Crippen molar-refractivity contribution in [3.63, 3.8) is 0 Å². The fourth-order valence-electron chi connectivity index (χ4n) is 2.09. The number of nitrogens with zero attached hydrogens (tertiary/aromatic N) is 1. The monoisotopic (exact) mass is 362 g/mol. The number of hydrogen-bond donors (Lipinski definition) is 1. The molecule has 1 heterocycles. The summed E-state index contributed by atoms with van der Waals surface area (Å²) in [5, 5.41) is 2.73. The van der Waals surface area contributed by atoms with E-state index in [1.54, 1.807) is 6.20 Å². The molecule has 1 amide bonds. The molecule has 1 N–H and O–H groups in total. The van der Waals surface area contributed by atoms with Crippen molar-refractivity contribution in [1.29, 1.82) is 0 Å². The Labute approximate surface area is 139 Å². The molecule has 0 atom stereocenters. The number of carbonyl (C=O) groups excluding carboxylic acids is 1. The number of amides is 1. The van der Waals surface area contributed by atoms with Crippen molar-refractivity contribution >= 4 is 27.7 Å². The number of ether oxygens (including phenoxy) is 1. The second-order valence-electron chi connectivity index (χ2n) is 5.31. The van der Waals surface area contributed by atoms with Gasteiger partial charge in [-0.2, -0.15) is 0 Å². The highest BCUT2D eigenvalue weighted by Gasteiger charge is 2.11. The normalized spacial score (nSPS) is 10.4. The van der Waals surface area contributed by atoms with Gasteiger partial charge in [-0.25, -0.2) is 4.98 Å². The third kappa shape index (κ3) is 3.85. The van der Waals surface area contributed by atoms with E-state index in [0.29, 0.717) is 5.82 Å². The Kier molecular flexibility index (Phi) is 5.19. The van der Waals surface area contributed by atoms with Crippen LogP contribution in [0.3, 0.4) is 0 Å². The van der Waals surface area contributed by atoms with Crippen molar-refractivity contribution in [1.82, 2.24) is 4.98 Å². The lowest BCUT2D eigenvalue weighted by molar-refractivity contribution is -0.118. The van der Waals surface area contributed by atoms with Crippen LogP contribution in [0.5, 0.6) is 5.75 Å². The van der Waals surface area contributed by atoms with Gasteiger partial charge in [0.1, 0.15) is 11.6 Å². The number of aromatic nitrogens is 1. The molecule has 22 heavy (non-hydrogen) atoms. The minimum absolute atomic E-state index is 0.0447. The maximum absolute atomic E-state index is 12.0. The summed E-state index contributed by atoms with van der Waals surface area (Å²) >= 11 is 3.55. The quantitative estimate of drug-likeness (QED) is 0.890. The molecule has 0 aliphatic rings. The van der Waals surface area contributed by atoms with E-state index in [2.05, 4.69) is 26.2 Å². The molecule has 2 aromatic rings. The Morgan fingerprint density at radius 3 is 2.64 bits per heavy atom. The Balaban J connectivity index is 2.03. The van der Waals surface area contributed by atoms with Crippen LogP contribution >= 0.6 is 15.9 Å². The highest BCUT2D eigenvalue weighted by atomic mass is 79.9. The van der Waals surface area contributed by atoms with E-state index in [4.69, 9.17) is 4.74 Å². The second kappa shape index (κ2) is 6.92. The molecular weight excluding hydrogens is 344 g/mol. The number of halogens is 1. The van der Waals surface area contributed by atoms with E-state index < -0.39 is 0 Å². The lowest BCUT2D eigenvalue weighted by Crippen LogP contribution is -2.21. The maximum Gasteiger partial charge on any atom is 0.263 e. The number of hydrogen-bond acceptors (Lipinski definition) is 3. The van der Waals surface area contributed by atoms with Crippen molar-refractivity contribution in [2.45, 2.75) is 27.7 Å². The maximum atomic E-state index is 12.0. The summed E-state index contributed by atoms with van der Waals surface area (Å²) in [5.74, 6) is 1.04. The Morgan fingerprint density at radius 2 is 1.95 bits per heavy atom. The Bertz CT molecular complexity index is 714. The van der Waals surface area contributed by atoms with Crippen LogP contribution in [0, 0.1) is 27.7 Å². The number of pyridine rings is 1. The smallest absolute Gasteiger partial charge is 0.263 e. The van der Waals surface area contributed by atoms with Gasteiger partial charge in [0.05, 0.1) is 0 Å². The van der Waals surface area contributed by atoms with Crippen LogP contribution in [-0.2, 0) is 4.79 Å². The summed E-state index contributed by atoms with van der Waals surface area (Å²) in [6.45, 7) is 7.91. The molecular formula is C17H19BrN2O2. The number of benzene rings is 1. The van der Waals surface area contributed by atoms with Crippen molar-refractivity contribution in [2.75, 3.05) is 11.9 Å². The lowest BCUT2D eigenvalue weighted by atomic mass is 10.1. The Hall–Kier alpha value is -1.88. The molecule has 0 saturated carbocycles. The van der Waals surface area contributed by atoms with Gasteiger partial charge < -0.3 is 10.1 Å². The molecule has 116 valence electrons. The Morgan fingerprint density at radius 1 is 1.23 bits per heavy atom. The average Bonchev–Trinajstić information content (AvgIpc) is 2.47. The number of rotatable bonds is 4. The molecule has 0 fully saturated rings. The fraction of sp³-hybridized carbons (Fsp3) is 0.294. The predicted molar refractivity (Wildman–Crippen MR) is 91.5 cm³/mol. The van der Waals surface area contributed by atoms with Crippen molar-refractivity contribution in [3.05, 3.63) is 51.1 Å². The van der Waals surface area contributed by atoms with Gasteiger partial charge >= 0.3 is 0 Å². The van der Waals surface area contributed by atoms with Crippen molar-refractivity contribution < 1.29 is 9.53 Å². The second-order valence-corrected chi connectivity index (χ2v) is 6.10. The van der Waals surface area contributed by atoms with E-state index in [0.717, 1.165) is 32.5 Å². The van der Waals surface area contributed by atoms with Crippen LogP contribution in [0.1, 0.15) is 22.3 Å². The van der Waals surface area contributed by atoms with Gasteiger partial charge in [0.15, 0.2) is 6.61 Å². The number of aryl methyl sites for hydroxylation is 2. The molecule has 4 nitrogen and oxygen atoms in total. The highest BCUT2D eigenvalue weighted by Crippen LogP contribution is 2.31. The summed E-state index contributed by atoms with van der Waals surface area (Å²) in [7, 11) is 0. The molecule has 1 aromatic carbocycles. The van der Waals surface area contributed by atoms with E-state index in [9.17, 15) is 4.79 Å². The predicted octanol–water partition coefficient (Wildman–Crippen LogP) is 4.10. The topological polar surface area (TPSA) is 51.2 Å². The van der Waals surface area contributed by atoms with E-state index in [1.165, 1.54) is 0 Å². The van der Waals surface area contributed by atoms with E-state index in [1.807, 2.05) is 45.9 Å². The molecule has 0 bridgehead atoms. The van der Waals surface area contributed by atoms with Crippen LogP contribution in [0.15, 0.2) is 28.9 Å². The van der Waals surface area contributed by atoms with E-state index in [-0.39, 0.29) is 12.5 Å². The minimum atomic E-state index is -0.226. The van der Waals surface area contributed by atoms with Gasteiger partial charge in [-0.15, -0.1) is 0 Å². The first-order valence-electron chi connectivity index (χ1n) is 7.00. The molecule has 2 rings (SSSR count). The fourth-order valence-corrected chi connectivity index (χ4v) is 2.50. The van der Waals surface area contributed by atoms with Gasteiger partial charge in [0.25, 0.3) is 5.91 Å². The molecule has 0 aliphatic carbocycles. The van der Waals surface area contributed by atoms with E-state index >= 15 is 0 Å². The van der Waals surface area contributed by atoms with Crippen LogP contribution < -0.4 is 10.1 Å². The zero-order valence-corrected chi connectivity index (χ0v) is 14.7. The zero-order chi connectivity index (χ0) is 16.3. The summed E-state index contributed by atoms with van der Waals surface area (Å²) in [6.07, 6.45) is 1.66. The summed E-state index contributed by atoms with van der Waals surface area (Å²) in [4.78, 5) is 16.1. The van der Waals surface area contributed by atoms with Crippen molar-refractivity contribution in [3.8, 4) is 5.75 Å². The lowest BCUT2D eigenvalue weighted by Gasteiger charge is -2.14. The first-order valence-corrected chi connectivity index (χ1v) is 7.79. The third-order valence-corrected chi connectivity index (χ3v) is 4.72. The zero-order valence-electron chi connectivity index (χ0n) is 13.2. The summed E-state index contributed by atoms with van der Waals surface area (Å²) in [6, 6.07) is 5.63. The van der Waals surface area contributed by atoms with Crippen LogP contribution in [0.4, 0.5) is 5.82 Å². The molecule has 0 spiro atoms. The molecule has 0 unspecified atom stereocenters. The van der Waals surface area contributed by atoms with Gasteiger partial charge in [0, 0.05) is 10.7 Å². The summed E-state index contributed by atoms with van der Waals surface area (Å²) in [5.41, 5.74) is 4.27. The van der Waals surface area contributed by atoms with Gasteiger partial charge in [-0.3, -0.25) is 4.79 Å². The van der Waals surface area contributed by atoms with Gasteiger partial charge in [0.2, 0.25) is 0 Å². The summed E-state index contributed by atoms with van der Waals surface area (Å²) < 4.78 is 6.73. The first kappa shape index (κ1) is 16.5. The minimum Gasteiger partial charge on any atom is -0.483 e.